The summed E-state index contributed by atoms with van der Waals surface area (Å²) in [6, 6.07) is 10.2. The number of carbonyl (C=O) groups excluding carboxylic acids is 1. The molecule has 0 aliphatic heterocycles. The summed E-state index contributed by atoms with van der Waals surface area (Å²) >= 11 is 0. The van der Waals surface area contributed by atoms with Crippen molar-refractivity contribution in [1.29, 1.82) is 0 Å². The van der Waals surface area contributed by atoms with Crippen LogP contribution in [0, 0.1) is 5.92 Å². The van der Waals surface area contributed by atoms with Gasteiger partial charge in [0.25, 0.3) is 0 Å². The van der Waals surface area contributed by atoms with Gasteiger partial charge in [-0.1, -0.05) is 30.3 Å². The highest BCUT2D eigenvalue weighted by atomic mass is 16.1. The number of rotatable bonds is 5. The number of nitrogens with two attached hydrogens (primary N) is 1. The molecule has 2 N–H and O–H groups in total. The van der Waals surface area contributed by atoms with Gasteiger partial charge < -0.3 is 5.73 Å². The van der Waals surface area contributed by atoms with Gasteiger partial charge in [0, 0.05) is 12.5 Å². The number of hydrogen-bond donors (Lipinski definition) is 1. The molecule has 0 saturated carbocycles. The van der Waals surface area contributed by atoms with E-state index in [0.29, 0.717) is 6.54 Å². The maximum absolute atomic E-state index is 11.1. The second-order valence-electron chi connectivity index (χ2n) is 3.57. The Morgan fingerprint density at radius 1 is 1.36 bits per heavy atom. The van der Waals surface area contributed by atoms with Crippen LogP contribution < -0.4 is 5.73 Å². The maximum atomic E-state index is 11.1. The quantitative estimate of drug-likeness (QED) is 0.771. The maximum Gasteiger partial charge on any atom is 0.134 e. The Morgan fingerprint density at radius 3 is 2.50 bits per heavy atom. The van der Waals surface area contributed by atoms with Crippen LogP contribution in [0.3, 0.4) is 0 Å². The normalized spacial score (nSPS) is 12.4. The van der Waals surface area contributed by atoms with Crippen LogP contribution in [0.1, 0.15) is 18.9 Å². The molecule has 0 amide bonds. The lowest BCUT2D eigenvalue weighted by atomic mass is 9.96. The molecule has 0 fully saturated rings. The molecule has 2 nitrogen and oxygen atoms in total. The Balaban J connectivity index is 2.44. The molecule has 1 aromatic rings. The van der Waals surface area contributed by atoms with Crippen LogP contribution >= 0.6 is 0 Å². The average Bonchev–Trinajstić information content (AvgIpc) is 2.20. The van der Waals surface area contributed by atoms with E-state index in [4.69, 9.17) is 5.73 Å². The van der Waals surface area contributed by atoms with Gasteiger partial charge in [-0.2, -0.15) is 0 Å². The van der Waals surface area contributed by atoms with Crippen molar-refractivity contribution in [3.63, 3.8) is 0 Å². The molecule has 0 aliphatic carbocycles. The lowest BCUT2D eigenvalue weighted by Gasteiger charge is -2.10. The highest BCUT2D eigenvalue weighted by Crippen LogP contribution is 2.09. The minimum absolute atomic E-state index is 0.0233. The van der Waals surface area contributed by atoms with Gasteiger partial charge in [0.05, 0.1) is 0 Å². The predicted molar refractivity (Wildman–Crippen MR) is 58.0 cm³/mol. The van der Waals surface area contributed by atoms with Crippen LogP contribution in [0.2, 0.25) is 0 Å². The molecule has 14 heavy (non-hydrogen) atoms. The van der Waals surface area contributed by atoms with Gasteiger partial charge in [0.2, 0.25) is 0 Å². The van der Waals surface area contributed by atoms with Gasteiger partial charge in [-0.05, 0) is 25.3 Å². The van der Waals surface area contributed by atoms with Crippen molar-refractivity contribution in [3.8, 4) is 0 Å². The van der Waals surface area contributed by atoms with Crippen molar-refractivity contribution in [3.05, 3.63) is 35.9 Å². The molecule has 1 unspecified atom stereocenters. The smallest absolute Gasteiger partial charge is 0.134 e. The second-order valence-corrected chi connectivity index (χ2v) is 3.57. The van der Waals surface area contributed by atoms with Crippen molar-refractivity contribution in [2.75, 3.05) is 6.54 Å². The van der Waals surface area contributed by atoms with Crippen molar-refractivity contribution in [2.24, 2.45) is 11.7 Å². The van der Waals surface area contributed by atoms with E-state index in [9.17, 15) is 4.79 Å². The number of Topliss-reactive ketones (excluding diaryl/α,β-unsaturated/α-hetero) is 1. The molecule has 0 spiro atoms. The van der Waals surface area contributed by atoms with Crippen molar-refractivity contribution < 1.29 is 4.79 Å². The SMILES string of the molecule is CC(=O)C(CN)CCc1ccccc1. The van der Waals surface area contributed by atoms with Gasteiger partial charge in [-0.25, -0.2) is 0 Å². The van der Waals surface area contributed by atoms with Crippen molar-refractivity contribution in [2.45, 2.75) is 19.8 Å². The van der Waals surface area contributed by atoms with Crippen LogP contribution in [-0.4, -0.2) is 12.3 Å². The molecule has 0 aliphatic rings. The standard InChI is InChI=1S/C12H17NO/c1-10(14)12(9-13)8-7-11-5-3-2-4-6-11/h2-6,12H,7-9,13H2,1H3. The van der Waals surface area contributed by atoms with Crippen LogP contribution in [0.25, 0.3) is 0 Å². The van der Waals surface area contributed by atoms with Gasteiger partial charge in [-0.15, -0.1) is 0 Å². The van der Waals surface area contributed by atoms with Crippen molar-refractivity contribution in [1.82, 2.24) is 0 Å². The topological polar surface area (TPSA) is 43.1 Å². The Labute approximate surface area is 85.1 Å². The van der Waals surface area contributed by atoms with Crippen LogP contribution in [0.5, 0.6) is 0 Å². The third-order valence-corrected chi connectivity index (χ3v) is 2.48. The summed E-state index contributed by atoms with van der Waals surface area (Å²) < 4.78 is 0. The summed E-state index contributed by atoms with van der Waals surface area (Å²) in [6.07, 6.45) is 1.79. The molecule has 1 atom stereocenters. The Hall–Kier alpha value is -1.15. The molecule has 0 bridgehead atoms. The van der Waals surface area contributed by atoms with E-state index in [1.165, 1.54) is 5.56 Å². The summed E-state index contributed by atoms with van der Waals surface area (Å²) in [5, 5.41) is 0. The fraction of sp³-hybridized carbons (Fsp3) is 0.417. The molecule has 1 rings (SSSR count). The fourth-order valence-corrected chi connectivity index (χ4v) is 1.47. The molecule has 0 heterocycles. The number of carbonyl (C=O) groups is 1. The fourth-order valence-electron chi connectivity index (χ4n) is 1.47. The van der Waals surface area contributed by atoms with Gasteiger partial charge in [0.15, 0.2) is 0 Å². The third kappa shape index (κ3) is 3.30. The minimum Gasteiger partial charge on any atom is -0.330 e. The van der Waals surface area contributed by atoms with E-state index in [0.717, 1.165) is 12.8 Å². The summed E-state index contributed by atoms with van der Waals surface area (Å²) in [4.78, 5) is 11.1. The lowest BCUT2D eigenvalue weighted by Crippen LogP contribution is -2.21. The number of ketones is 1. The predicted octanol–water partition coefficient (Wildman–Crippen LogP) is 1.78. The van der Waals surface area contributed by atoms with E-state index in [-0.39, 0.29) is 11.7 Å². The third-order valence-electron chi connectivity index (χ3n) is 2.48. The molecule has 76 valence electrons. The first-order valence-electron chi connectivity index (χ1n) is 4.98. The minimum atomic E-state index is 0.0233. The summed E-state index contributed by atoms with van der Waals surface area (Å²) in [5.41, 5.74) is 6.79. The largest absolute Gasteiger partial charge is 0.330 e. The van der Waals surface area contributed by atoms with Gasteiger partial charge >= 0.3 is 0 Å². The van der Waals surface area contributed by atoms with E-state index in [1.807, 2.05) is 18.2 Å². The van der Waals surface area contributed by atoms with E-state index in [1.54, 1.807) is 6.92 Å². The zero-order chi connectivity index (χ0) is 10.4. The molecule has 2 heteroatoms. The lowest BCUT2D eigenvalue weighted by molar-refractivity contribution is -0.120. The molecular weight excluding hydrogens is 174 g/mol. The Kier molecular flexibility index (Phi) is 4.33. The molecule has 1 aromatic carbocycles. The second kappa shape index (κ2) is 5.55. The summed E-state index contributed by atoms with van der Waals surface area (Å²) in [5.74, 6) is 0.221. The van der Waals surface area contributed by atoms with Crippen LogP contribution in [0.4, 0.5) is 0 Å². The van der Waals surface area contributed by atoms with Gasteiger partial charge in [0.1, 0.15) is 5.78 Å². The number of aryl methyl sites for hydroxylation is 1. The molecule has 0 saturated heterocycles. The first-order chi connectivity index (χ1) is 6.74. The molecule has 0 aromatic heterocycles. The summed E-state index contributed by atoms with van der Waals surface area (Å²) in [7, 11) is 0. The Bertz CT molecular complexity index is 282. The zero-order valence-corrected chi connectivity index (χ0v) is 8.57. The first kappa shape index (κ1) is 10.9. The Morgan fingerprint density at radius 2 is 2.00 bits per heavy atom. The summed E-state index contributed by atoms with van der Waals surface area (Å²) in [6.45, 7) is 2.07. The first-order valence-corrected chi connectivity index (χ1v) is 4.98. The average molecular weight is 191 g/mol. The van der Waals surface area contributed by atoms with Crippen LogP contribution in [-0.2, 0) is 11.2 Å². The highest BCUT2D eigenvalue weighted by Gasteiger charge is 2.11. The number of benzene rings is 1. The monoisotopic (exact) mass is 191 g/mol. The highest BCUT2D eigenvalue weighted by molar-refractivity contribution is 5.78. The molecular formula is C12H17NO. The van der Waals surface area contributed by atoms with Crippen molar-refractivity contribution >= 4 is 5.78 Å². The number of hydrogen-bond acceptors (Lipinski definition) is 2. The van der Waals surface area contributed by atoms with Gasteiger partial charge in [-0.3, -0.25) is 4.79 Å². The molecule has 0 radical (unpaired) electrons. The zero-order valence-electron chi connectivity index (χ0n) is 8.57. The van der Waals surface area contributed by atoms with E-state index >= 15 is 0 Å². The van der Waals surface area contributed by atoms with Crippen LogP contribution in [0.15, 0.2) is 30.3 Å². The van der Waals surface area contributed by atoms with E-state index in [2.05, 4.69) is 12.1 Å². The van der Waals surface area contributed by atoms with E-state index < -0.39 is 0 Å².